The number of nitrogens with zero attached hydrogens (tertiary/aromatic N) is 3. The molecule has 0 saturated heterocycles. The van der Waals surface area contributed by atoms with E-state index in [-0.39, 0.29) is 5.56 Å². The van der Waals surface area contributed by atoms with E-state index in [2.05, 4.69) is 57.9 Å². The zero-order valence-corrected chi connectivity index (χ0v) is 24.4. The third-order valence-corrected chi connectivity index (χ3v) is 7.58. The van der Waals surface area contributed by atoms with Gasteiger partial charge < -0.3 is 14.2 Å². The normalized spacial score (nSPS) is 12.2. The van der Waals surface area contributed by atoms with Crippen LogP contribution in [-0.4, -0.2) is 41.7 Å². The van der Waals surface area contributed by atoms with Crippen LogP contribution in [0.4, 0.5) is 0 Å². The molecule has 186 valence electrons. The summed E-state index contributed by atoms with van der Waals surface area (Å²) in [5.74, 6) is 0.798. The van der Waals surface area contributed by atoms with Crippen molar-refractivity contribution in [2.24, 2.45) is 5.10 Å². The fraction of sp³-hybridized carbons (Fsp3) is 0.333. The van der Waals surface area contributed by atoms with Crippen LogP contribution >= 0.6 is 47.8 Å². The number of fused-ring (bicyclic) bond motifs is 1. The summed E-state index contributed by atoms with van der Waals surface area (Å²) < 4.78 is 19.6. The van der Waals surface area contributed by atoms with Gasteiger partial charge in [-0.3, -0.25) is 4.79 Å². The van der Waals surface area contributed by atoms with Gasteiger partial charge in [-0.25, -0.2) is 9.78 Å². The molecule has 0 aliphatic rings. The lowest BCUT2D eigenvalue weighted by atomic mass is 10.2. The first-order chi connectivity index (χ1) is 16.7. The fourth-order valence-electron chi connectivity index (χ4n) is 3.28. The van der Waals surface area contributed by atoms with Gasteiger partial charge in [-0.2, -0.15) is 9.78 Å². The summed E-state index contributed by atoms with van der Waals surface area (Å²) in [5, 5.41) is 4.95. The predicted molar refractivity (Wildman–Crippen MR) is 146 cm³/mol. The standard InChI is InChI=1S/C24H24Br3N3O5/c1-5-7-19-29-17-9-8-15(25)11-16(17)23(31)30(19)28-12-14-10-18(34-6-2)22(21(27)20(14)26)35-13(3)24(32)33-4/h8-13H,5-7H2,1-4H3/t13-/m1/s1. The highest BCUT2D eigenvalue weighted by atomic mass is 79.9. The SMILES string of the molecule is CCCc1nc2ccc(Br)cc2c(=O)n1N=Cc1cc(OCC)c(O[C@H](C)C(=O)OC)c(Br)c1Br. The van der Waals surface area contributed by atoms with E-state index < -0.39 is 12.1 Å². The third-order valence-electron chi connectivity index (χ3n) is 4.94. The van der Waals surface area contributed by atoms with Crippen molar-refractivity contribution < 1.29 is 19.0 Å². The van der Waals surface area contributed by atoms with Crippen LogP contribution in [0.2, 0.25) is 0 Å². The molecule has 0 amide bonds. The quantitative estimate of drug-likeness (QED) is 0.209. The van der Waals surface area contributed by atoms with Crippen LogP contribution in [0.3, 0.4) is 0 Å². The van der Waals surface area contributed by atoms with E-state index in [1.807, 2.05) is 26.0 Å². The molecule has 0 aliphatic carbocycles. The van der Waals surface area contributed by atoms with Crippen LogP contribution in [0, 0.1) is 0 Å². The Bertz CT molecular complexity index is 1340. The number of halogens is 3. The predicted octanol–water partition coefficient (Wildman–Crippen LogP) is 5.86. The number of esters is 1. The van der Waals surface area contributed by atoms with Crippen molar-refractivity contribution in [2.45, 2.75) is 39.7 Å². The number of carbonyl (C=O) groups excluding carboxylic acids is 1. The maximum atomic E-state index is 13.3. The molecule has 0 spiro atoms. The molecule has 2 aromatic carbocycles. The van der Waals surface area contributed by atoms with Gasteiger partial charge >= 0.3 is 5.97 Å². The Kier molecular flexibility index (Phi) is 9.48. The van der Waals surface area contributed by atoms with Gasteiger partial charge in [0.25, 0.3) is 5.56 Å². The third kappa shape index (κ3) is 6.13. The minimum Gasteiger partial charge on any atom is -0.490 e. The van der Waals surface area contributed by atoms with Crippen molar-refractivity contribution >= 4 is 70.9 Å². The summed E-state index contributed by atoms with van der Waals surface area (Å²) in [6.45, 7) is 5.82. The van der Waals surface area contributed by atoms with Crippen molar-refractivity contribution in [3.8, 4) is 11.5 Å². The van der Waals surface area contributed by atoms with Crippen LogP contribution in [0.1, 0.15) is 38.6 Å². The number of methoxy groups -OCH3 is 1. The van der Waals surface area contributed by atoms with E-state index in [1.165, 1.54) is 11.8 Å². The Morgan fingerprint density at radius 2 is 1.94 bits per heavy atom. The van der Waals surface area contributed by atoms with Gasteiger partial charge in [-0.15, -0.1) is 0 Å². The molecule has 0 fully saturated rings. The molecule has 0 N–H and O–H groups in total. The molecule has 0 unspecified atom stereocenters. The van der Waals surface area contributed by atoms with E-state index >= 15 is 0 Å². The van der Waals surface area contributed by atoms with E-state index in [9.17, 15) is 9.59 Å². The van der Waals surface area contributed by atoms with Crippen LogP contribution in [-0.2, 0) is 16.0 Å². The molecule has 35 heavy (non-hydrogen) atoms. The van der Waals surface area contributed by atoms with Gasteiger partial charge in [0.15, 0.2) is 17.6 Å². The van der Waals surface area contributed by atoms with Crippen molar-refractivity contribution in [3.63, 3.8) is 0 Å². The summed E-state index contributed by atoms with van der Waals surface area (Å²) in [7, 11) is 1.30. The number of aromatic nitrogens is 2. The molecule has 1 atom stereocenters. The maximum Gasteiger partial charge on any atom is 0.346 e. The molecule has 11 heteroatoms. The van der Waals surface area contributed by atoms with Gasteiger partial charge in [-0.1, -0.05) is 22.9 Å². The average molecular weight is 674 g/mol. The van der Waals surface area contributed by atoms with Gasteiger partial charge in [0.2, 0.25) is 0 Å². The van der Waals surface area contributed by atoms with Crippen molar-refractivity contribution in [3.05, 3.63) is 59.4 Å². The van der Waals surface area contributed by atoms with Crippen molar-refractivity contribution in [2.75, 3.05) is 13.7 Å². The zero-order chi connectivity index (χ0) is 25.7. The minimum atomic E-state index is -0.847. The van der Waals surface area contributed by atoms with Gasteiger partial charge in [0, 0.05) is 20.9 Å². The Morgan fingerprint density at radius 1 is 1.20 bits per heavy atom. The summed E-state index contributed by atoms with van der Waals surface area (Å²) >= 11 is 10.5. The van der Waals surface area contributed by atoms with Crippen LogP contribution < -0.4 is 15.0 Å². The summed E-state index contributed by atoms with van der Waals surface area (Å²) in [4.78, 5) is 29.8. The smallest absolute Gasteiger partial charge is 0.346 e. The van der Waals surface area contributed by atoms with Crippen LogP contribution in [0.15, 0.2) is 47.6 Å². The lowest BCUT2D eigenvalue weighted by Gasteiger charge is -2.19. The number of carbonyl (C=O) groups is 1. The molecule has 3 rings (SSSR count). The number of benzene rings is 2. The molecule has 0 aliphatic heterocycles. The summed E-state index contributed by atoms with van der Waals surface area (Å²) in [5.41, 5.74) is 0.988. The Labute approximate surface area is 228 Å². The van der Waals surface area contributed by atoms with Gasteiger partial charge in [0.1, 0.15) is 5.82 Å². The number of rotatable bonds is 9. The Hall–Kier alpha value is -2.24. The topological polar surface area (TPSA) is 92.0 Å². The molecule has 8 nitrogen and oxygen atoms in total. The molecule has 0 radical (unpaired) electrons. The average Bonchev–Trinajstić information content (AvgIpc) is 2.84. The second kappa shape index (κ2) is 12.1. The molecule has 0 saturated carbocycles. The highest BCUT2D eigenvalue weighted by Crippen LogP contribution is 2.43. The number of aryl methyl sites for hydroxylation is 1. The first kappa shape index (κ1) is 27.3. The molecule has 1 aromatic heterocycles. The van der Waals surface area contributed by atoms with Crippen molar-refractivity contribution in [1.29, 1.82) is 0 Å². The molecular formula is C24H24Br3N3O5. The highest BCUT2D eigenvalue weighted by Gasteiger charge is 2.23. The molecule has 3 aromatic rings. The van der Waals surface area contributed by atoms with E-state index in [0.717, 1.165) is 10.9 Å². The zero-order valence-electron chi connectivity index (χ0n) is 19.6. The Balaban J connectivity index is 2.11. The van der Waals surface area contributed by atoms with Gasteiger partial charge in [-0.05, 0) is 76.4 Å². The van der Waals surface area contributed by atoms with Crippen LogP contribution in [0.25, 0.3) is 10.9 Å². The maximum absolute atomic E-state index is 13.3. The highest BCUT2D eigenvalue weighted by molar-refractivity contribution is 9.13. The lowest BCUT2D eigenvalue weighted by molar-refractivity contribution is -0.148. The van der Waals surface area contributed by atoms with E-state index in [0.29, 0.717) is 55.8 Å². The molecule has 1 heterocycles. The van der Waals surface area contributed by atoms with E-state index in [4.69, 9.17) is 14.2 Å². The number of ether oxygens (including phenoxy) is 3. The fourth-order valence-corrected chi connectivity index (χ4v) is 4.56. The first-order valence-electron chi connectivity index (χ1n) is 10.9. The van der Waals surface area contributed by atoms with Crippen molar-refractivity contribution in [1.82, 2.24) is 9.66 Å². The molecule has 0 bridgehead atoms. The van der Waals surface area contributed by atoms with Crippen LogP contribution in [0.5, 0.6) is 11.5 Å². The van der Waals surface area contributed by atoms with E-state index in [1.54, 1.807) is 25.3 Å². The minimum absolute atomic E-state index is 0.261. The summed E-state index contributed by atoms with van der Waals surface area (Å²) in [6.07, 6.45) is 2.10. The summed E-state index contributed by atoms with van der Waals surface area (Å²) in [6, 6.07) is 7.12. The first-order valence-corrected chi connectivity index (χ1v) is 13.2. The second-order valence-corrected chi connectivity index (χ2v) is 9.94. The number of hydrogen-bond donors (Lipinski definition) is 0. The molecular weight excluding hydrogens is 650 g/mol. The van der Waals surface area contributed by atoms with Gasteiger partial charge in [0.05, 0.1) is 35.3 Å². The lowest BCUT2D eigenvalue weighted by Crippen LogP contribution is -2.25. The monoisotopic (exact) mass is 671 g/mol. The largest absolute Gasteiger partial charge is 0.490 e. The number of hydrogen-bond acceptors (Lipinski definition) is 7. The second-order valence-electron chi connectivity index (χ2n) is 7.44. The Morgan fingerprint density at radius 3 is 2.60 bits per heavy atom.